The molecule has 0 aromatic heterocycles. The van der Waals surface area contributed by atoms with E-state index in [-0.39, 0.29) is 37.2 Å². The Bertz CT molecular complexity index is 2060. The predicted molar refractivity (Wildman–Crippen MR) is 243 cm³/mol. The smallest absolute Gasteiger partial charge is 0.408 e. The number of esters is 4. The molecule has 362 valence electrons. The highest BCUT2D eigenvalue weighted by Gasteiger charge is 2.76. The van der Waals surface area contributed by atoms with E-state index in [0.717, 1.165) is 0 Å². The third-order valence-electron chi connectivity index (χ3n) is 13.3. The van der Waals surface area contributed by atoms with Crippen LogP contribution in [0.3, 0.4) is 0 Å². The molecule has 0 radical (unpaired) electrons. The topological polar surface area (TPSA) is 223 Å². The molecule has 11 atom stereocenters. The maximum Gasteiger partial charge on any atom is 0.408 e. The van der Waals surface area contributed by atoms with Gasteiger partial charge in [0.25, 0.3) is 0 Å². The zero-order valence-electron chi connectivity index (χ0n) is 39.7. The number of aliphatic hydroxyl groups is 3. The van der Waals surface area contributed by atoms with Gasteiger partial charge in [-0.25, -0.2) is 14.4 Å². The van der Waals surface area contributed by atoms with Crippen LogP contribution in [0.15, 0.2) is 41.0 Å². The Morgan fingerprint density at radius 1 is 1.02 bits per heavy atom. The van der Waals surface area contributed by atoms with E-state index in [1.54, 1.807) is 87.4 Å². The number of methoxy groups -OCH3 is 1. The summed E-state index contributed by atoms with van der Waals surface area (Å²) in [6.07, 6.45) is -6.38. The van der Waals surface area contributed by atoms with Crippen molar-refractivity contribution in [3.8, 4) is 5.75 Å². The van der Waals surface area contributed by atoms with Crippen LogP contribution in [0.25, 0.3) is 0 Å². The number of hydrogen-bond acceptors (Lipinski definition) is 17. The van der Waals surface area contributed by atoms with Crippen molar-refractivity contribution in [1.29, 1.82) is 0 Å². The molecule has 1 aromatic carbocycles. The number of benzene rings is 1. The van der Waals surface area contributed by atoms with Gasteiger partial charge in [-0.15, -0.1) is 0 Å². The average Bonchev–Trinajstić information content (AvgIpc) is 3.18. The van der Waals surface area contributed by atoms with E-state index in [1.165, 1.54) is 41.7 Å². The Balaban J connectivity index is 1.74. The van der Waals surface area contributed by atoms with E-state index in [2.05, 4.69) is 5.32 Å². The third kappa shape index (κ3) is 10.5. The van der Waals surface area contributed by atoms with Crippen molar-refractivity contribution in [2.24, 2.45) is 16.7 Å². The number of alkyl carbamates (subject to hydrolysis) is 1. The minimum absolute atomic E-state index is 0.000164. The van der Waals surface area contributed by atoms with Gasteiger partial charge in [0, 0.05) is 36.3 Å². The van der Waals surface area contributed by atoms with Crippen molar-refractivity contribution >= 4 is 51.6 Å². The lowest BCUT2D eigenvalue weighted by Gasteiger charge is -2.68. The van der Waals surface area contributed by atoms with Crippen LogP contribution in [0.2, 0.25) is 0 Å². The largest absolute Gasteiger partial charge is 0.496 e. The number of rotatable bonds is 14. The molecule has 0 spiro atoms. The number of ether oxygens (including phenoxy) is 7. The predicted octanol–water partition coefficient (Wildman–Crippen LogP) is 5.94. The van der Waals surface area contributed by atoms with Crippen molar-refractivity contribution < 1.29 is 72.5 Å². The first-order chi connectivity index (χ1) is 30.1. The number of aryl methyl sites for hydroxylation is 1. The lowest BCUT2D eigenvalue weighted by atomic mass is 9.45. The molecule has 1 amide bonds. The van der Waals surface area contributed by atoms with Gasteiger partial charge in [-0.05, 0) is 84.4 Å². The van der Waals surface area contributed by atoms with Crippen molar-refractivity contribution in [1.82, 2.24) is 5.32 Å². The zero-order valence-corrected chi connectivity index (χ0v) is 41.4. The Morgan fingerprint density at radius 2 is 1.69 bits per heavy atom. The highest BCUT2D eigenvalue weighted by Crippen LogP contribution is 2.65. The lowest BCUT2D eigenvalue weighted by molar-refractivity contribution is -0.354. The number of nitrogens with one attached hydrogen (secondary N) is 1. The Morgan fingerprint density at radius 3 is 2.26 bits per heavy atom. The maximum atomic E-state index is 14.8. The molecular formula is C47H67NO15S2. The van der Waals surface area contributed by atoms with Crippen molar-refractivity contribution in [3.05, 3.63) is 52.1 Å². The van der Waals surface area contributed by atoms with Crippen LogP contribution in [0.1, 0.15) is 111 Å². The van der Waals surface area contributed by atoms with Gasteiger partial charge in [0.2, 0.25) is 0 Å². The number of carbonyl (C=O) groups is 5. The van der Waals surface area contributed by atoms with Crippen LogP contribution in [-0.2, 0) is 42.8 Å². The summed E-state index contributed by atoms with van der Waals surface area (Å²) in [7, 11) is 4.36. The second-order valence-electron chi connectivity index (χ2n) is 19.7. The van der Waals surface area contributed by atoms with Crippen molar-refractivity contribution in [3.63, 3.8) is 0 Å². The third-order valence-corrected chi connectivity index (χ3v) is 15.1. The normalized spacial score (nSPS) is 31.1. The quantitative estimate of drug-likeness (QED) is 0.0557. The SMILES string of the molecule is COc1ccc(C)cc1C(=O)O[C@H]1[C@H]2[C@](C)(C[C@H](OC(=O)CCSSC)C3=C(C)[C@@H](OC(=O)[C@H](O)[C@H](C=C(C)C)NC(=O)OC(C)(C)C)C[C@]1(O)C3(C)C)[C@@H](O)C[C@H]1OC[C@]12OC(C)=O. The maximum absolute atomic E-state index is 14.8. The number of carbonyl (C=O) groups excluding carboxylic acids is 5. The molecule has 5 rings (SSSR count). The lowest BCUT2D eigenvalue weighted by Crippen LogP contribution is -2.80. The molecule has 18 heteroatoms. The van der Waals surface area contributed by atoms with E-state index in [1.807, 2.05) is 6.26 Å². The summed E-state index contributed by atoms with van der Waals surface area (Å²) in [5, 5.41) is 40.4. The second-order valence-corrected chi connectivity index (χ2v) is 22.4. The molecule has 4 N–H and O–H groups in total. The summed E-state index contributed by atoms with van der Waals surface area (Å²) >= 11 is 0. The summed E-state index contributed by atoms with van der Waals surface area (Å²) < 4.78 is 42.4. The average molecular weight is 950 g/mol. The first-order valence-corrected chi connectivity index (χ1v) is 24.5. The first-order valence-electron chi connectivity index (χ1n) is 21.8. The van der Waals surface area contributed by atoms with Crippen LogP contribution in [-0.4, -0.2) is 130 Å². The molecule has 1 heterocycles. The van der Waals surface area contributed by atoms with Gasteiger partial charge >= 0.3 is 30.0 Å². The van der Waals surface area contributed by atoms with Gasteiger partial charge in [0.15, 0.2) is 11.7 Å². The fourth-order valence-electron chi connectivity index (χ4n) is 10.3. The number of allylic oxidation sites excluding steroid dienone is 1. The van der Waals surface area contributed by atoms with Crippen LogP contribution < -0.4 is 10.1 Å². The summed E-state index contributed by atoms with van der Waals surface area (Å²) in [6, 6.07) is 3.63. The molecule has 65 heavy (non-hydrogen) atoms. The van der Waals surface area contributed by atoms with E-state index in [9.17, 15) is 39.3 Å². The zero-order chi connectivity index (χ0) is 48.6. The van der Waals surface area contributed by atoms with Gasteiger partial charge in [0.1, 0.15) is 46.9 Å². The van der Waals surface area contributed by atoms with Crippen molar-refractivity contribution in [2.75, 3.05) is 25.7 Å². The number of amides is 1. The molecular weight excluding hydrogens is 883 g/mol. The molecule has 3 fully saturated rings. The van der Waals surface area contributed by atoms with Crippen molar-refractivity contribution in [2.45, 2.75) is 161 Å². The number of fused-ring (bicyclic) bond motifs is 5. The number of hydrogen-bond donors (Lipinski definition) is 4. The minimum atomic E-state index is -2.28. The summed E-state index contributed by atoms with van der Waals surface area (Å²) in [6.45, 7) is 18.1. The standard InChI is InChI=1S/C47H67NO15S2/c1-24(2)18-29(48-42(55)63-43(6,7)8)37(52)41(54)60-31-22-47(56)39(61-40(53)28-19-25(3)14-15-30(28)57-12)38-45(11,33(50)20-34-46(38,23-58-34)62-27(5)49)21-32(36(26(31)4)44(47,9)10)59-35(51)16-17-65-64-13/h14-15,18-19,29,31-34,37-39,50,52,56H,16-17,20-23H2,1-13H3,(H,48,55)/t29-,31-,32-,33-,34+,37+,38-,39-,45+,46-,47+/m0/s1. The minimum Gasteiger partial charge on any atom is -0.496 e. The summed E-state index contributed by atoms with van der Waals surface area (Å²) in [5.41, 5.74) is -5.54. The molecule has 4 aliphatic rings. The van der Waals surface area contributed by atoms with Gasteiger partial charge < -0.3 is 53.8 Å². The summed E-state index contributed by atoms with van der Waals surface area (Å²) in [5.74, 6) is -3.95. The molecule has 1 saturated heterocycles. The molecule has 1 aliphatic heterocycles. The highest BCUT2D eigenvalue weighted by molar-refractivity contribution is 8.76. The molecule has 3 aliphatic carbocycles. The Labute approximate surface area is 389 Å². The van der Waals surface area contributed by atoms with E-state index >= 15 is 0 Å². The van der Waals surface area contributed by atoms with Gasteiger partial charge in [-0.2, -0.15) is 0 Å². The van der Waals surface area contributed by atoms with E-state index < -0.39 is 113 Å². The fourth-order valence-corrected chi connectivity index (χ4v) is 11.5. The highest BCUT2D eigenvalue weighted by atomic mass is 33.1. The first kappa shape index (κ1) is 52.2. The fraction of sp³-hybridized carbons (Fsp3) is 0.681. The Kier molecular flexibility index (Phi) is 15.9. The Hall–Kier alpha value is -3.81. The van der Waals surface area contributed by atoms with Gasteiger partial charge in [-0.3, -0.25) is 9.59 Å². The number of aliphatic hydroxyl groups excluding tert-OH is 2. The molecule has 16 nitrogen and oxygen atoms in total. The second kappa shape index (κ2) is 19.8. The monoisotopic (exact) mass is 949 g/mol. The van der Waals surface area contributed by atoms with Gasteiger partial charge in [-0.1, -0.05) is 65.6 Å². The molecule has 2 saturated carbocycles. The van der Waals surface area contributed by atoms with E-state index in [4.69, 9.17) is 33.2 Å². The summed E-state index contributed by atoms with van der Waals surface area (Å²) in [4.78, 5) is 68.9. The van der Waals surface area contributed by atoms with Gasteiger partial charge in [0.05, 0.1) is 38.2 Å². The molecule has 2 bridgehead atoms. The van der Waals surface area contributed by atoms with Crippen LogP contribution in [0.5, 0.6) is 5.75 Å². The van der Waals surface area contributed by atoms with E-state index in [0.29, 0.717) is 28.0 Å². The van der Waals surface area contributed by atoms with Crippen LogP contribution in [0.4, 0.5) is 4.79 Å². The van der Waals surface area contributed by atoms with Crippen LogP contribution in [0, 0.1) is 23.7 Å². The molecule has 0 unspecified atom stereocenters. The van der Waals surface area contributed by atoms with Crippen LogP contribution >= 0.6 is 21.6 Å². The molecule has 1 aromatic rings.